The summed E-state index contributed by atoms with van der Waals surface area (Å²) in [6, 6.07) is 0. The molecule has 0 aromatic carbocycles. The summed E-state index contributed by atoms with van der Waals surface area (Å²) < 4.78 is 16.8. The Morgan fingerprint density at radius 1 is 0.265 bits per heavy atom. The Hall–Kier alpha value is -5.49. The van der Waals surface area contributed by atoms with Crippen LogP contribution in [0, 0.1) is 0 Å². The van der Waals surface area contributed by atoms with Gasteiger partial charge < -0.3 is 14.2 Å². The van der Waals surface area contributed by atoms with Crippen molar-refractivity contribution in [3.05, 3.63) is 182 Å². The molecule has 1 atom stereocenters. The highest BCUT2D eigenvalue weighted by atomic mass is 16.6. The fourth-order valence-electron chi connectivity index (χ4n) is 8.50. The summed E-state index contributed by atoms with van der Waals surface area (Å²) in [5.74, 6) is -1.09. The SMILES string of the molecule is CC/C=C\C/C=C\C/C=C\C/C=C\C/C=C\C/C=C\C/C=C\CCCCCCCCCC(=O)OCC(COC(=O)C/C=C\C/C=C\C/C=C\C/C=C\C/C=C\CC)OC(=O)CCCCCCCC/C=C\C/C=C\C/C=C\CCCCCCC. The molecule has 464 valence electrons. The van der Waals surface area contributed by atoms with E-state index >= 15 is 0 Å². The van der Waals surface area contributed by atoms with Crippen LogP contribution in [0.5, 0.6) is 0 Å². The van der Waals surface area contributed by atoms with Gasteiger partial charge in [-0.2, -0.15) is 0 Å². The monoisotopic (exact) mass is 1140 g/mol. The van der Waals surface area contributed by atoms with E-state index in [2.05, 4.69) is 191 Å². The Kier molecular flexibility index (Phi) is 64.4. The molecule has 0 aliphatic rings. The first-order valence-electron chi connectivity index (χ1n) is 33.3. The van der Waals surface area contributed by atoms with Crippen LogP contribution in [0.25, 0.3) is 0 Å². The summed E-state index contributed by atoms with van der Waals surface area (Å²) in [7, 11) is 0. The third kappa shape index (κ3) is 67.2. The molecule has 0 aliphatic heterocycles. The van der Waals surface area contributed by atoms with Gasteiger partial charge in [-0.25, -0.2) is 0 Å². The van der Waals surface area contributed by atoms with Crippen LogP contribution >= 0.6 is 0 Å². The minimum Gasteiger partial charge on any atom is -0.462 e. The van der Waals surface area contributed by atoms with Crippen LogP contribution in [0.15, 0.2) is 182 Å². The summed E-state index contributed by atoms with van der Waals surface area (Å²) in [6.07, 6.45) is 104. The molecular formula is C77H120O6. The van der Waals surface area contributed by atoms with Crippen molar-refractivity contribution < 1.29 is 28.6 Å². The Morgan fingerprint density at radius 2 is 0.518 bits per heavy atom. The maximum atomic E-state index is 12.9. The number of carbonyl (C=O) groups is 3. The number of hydrogen-bond donors (Lipinski definition) is 0. The van der Waals surface area contributed by atoms with Gasteiger partial charge in [0.25, 0.3) is 0 Å². The van der Waals surface area contributed by atoms with Gasteiger partial charge in [0.1, 0.15) is 13.2 Å². The normalized spacial score (nSPS) is 13.3. The number of rotatable bonds is 58. The second kappa shape index (κ2) is 69.0. The number of allylic oxidation sites excluding steroid dienone is 29. The van der Waals surface area contributed by atoms with Crippen molar-refractivity contribution in [2.24, 2.45) is 0 Å². The third-order valence-electron chi connectivity index (χ3n) is 13.4. The summed E-state index contributed by atoms with van der Waals surface area (Å²) in [6.45, 7) is 6.29. The van der Waals surface area contributed by atoms with Gasteiger partial charge in [0, 0.05) is 12.8 Å². The predicted octanol–water partition coefficient (Wildman–Crippen LogP) is 23.2. The average molecular weight is 1140 g/mol. The zero-order valence-corrected chi connectivity index (χ0v) is 53.1. The van der Waals surface area contributed by atoms with Gasteiger partial charge in [0.15, 0.2) is 6.10 Å². The van der Waals surface area contributed by atoms with Gasteiger partial charge in [-0.1, -0.05) is 287 Å². The van der Waals surface area contributed by atoms with Crippen LogP contribution in [-0.2, 0) is 28.6 Å². The molecule has 0 saturated heterocycles. The van der Waals surface area contributed by atoms with Gasteiger partial charge in [-0.05, 0) is 141 Å². The van der Waals surface area contributed by atoms with Gasteiger partial charge >= 0.3 is 17.9 Å². The summed E-state index contributed by atoms with van der Waals surface area (Å²) in [4.78, 5) is 38.3. The highest BCUT2D eigenvalue weighted by Crippen LogP contribution is 2.14. The van der Waals surface area contributed by atoms with E-state index in [1.54, 1.807) is 6.08 Å². The second-order valence-electron chi connectivity index (χ2n) is 21.3. The molecular weight excluding hydrogens is 1020 g/mol. The van der Waals surface area contributed by atoms with E-state index in [-0.39, 0.29) is 38.0 Å². The van der Waals surface area contributed by atoms with Crippen LogP contribution < -0.4 is 0 Å². The van der Waals surface area contributed by atoms with E-state index in [1.807, 2.05) is 6.08 Å². The van der Waals surface area contributed by atoms with E-state index in [1.165, 1.54) is 70.6 Å². The van der Waals surface area contributed by atoms with E-state index < -0.39 is 12.1 Å². The van der Waals surface area contributed by atoms with E-state index in [0.717, 1.165) is 154 Å². The van der Waals surface area contributed by atoms with Crippen LogP contribution in [0.1, 0.15) is 265 Å². The van der Waals surface area contributed by atoms with E-state index in [0.29, 0.717) is 6.42 Å². The Labute approximate surface area is 510 Å². The van der Waals surface area contributed by atoms with Crippen LogP contribution in [-0.4, -0.2) is 37.2 Å². The quantitative estimate of drug-likeness (QED) is 0.0261. The lowest BCUT2D eigenvalue weighted by Crippen LogP contribution is -2.30. The molecule has 0 radical (unpaired) electrons. The molecule has 0 bridgehead atoms. The lowest BCUT2D eigenvalue weighted by atomic mass is 10.1. The number of ether oxygens (including phenoxy) is 3. The molecule has 0 aromatic rings. The second-order valence-corrected chi connectivity index (χ2v) is 21.3. The van der Waals surface area contributed by atoms with Crippen LogP contribution in [0.3, 0.4) is 0 Å². The fourth-order valence-corrected chi connectivity index (χ4v) is 8.50. The Bertz CT molecular complexity index is 1940. The summed E-state index contributed by atoms with van der Waals surface area (Å²) in [5.41, 5.74) is 0. The molecule has 0 heterocycles. The predicted molar refractivity (Wildman–Crippen MR) is 361 cm³/mol. The molecule has 0 rings (SSSR count). The zero-order chi connectivity index (χ0) is 59.9. The topological polar surface area (TPSA) is 78.9 Å². The molecule has 0 spiro atoms. The number of unbranched alkanes of at least 4 members (excludes halogenated alkanes) is 18. The molecule has 0 amide bonds. The van der Waals surface area contributed by atoms with Crippen LogP contribution in [0.2, 0.25) is 0 Å². The fraction of sp³-hybridized carbons (Fsp3) is 0.571. The average Bonchev–Trinajstić information content (AvgIpc) is 3.49. The van der Waals surface area contributed by atoms with Gasteiger partial charge in [0.05, 0.1) is 6.42 Å². The van der Waals surface area contributed by atoms with E-state index in [4.69, 9.17) is 14.2 Å². The molecule has 83 heavy (non-hydrogen) atoms. The smallest absolute Gasteiger partial charge is 0.309 e. The summed E-state index contributed by atoms with van der Waals surface area (Å²) >= 11 is 0. The van der Waals surface area contributed by atoms with Crippen molar-refractivity contribution in [1.29, 1.82) is 0 Å². The van der Waals surface area contributed by atoms with Crippen molar-refractivity contribution in [3.8, 4) is 0 Å². The third-order valence-corrected chi connectivity index (χ3v) is 13.4. The Morgan fingerprint density at radius 3 is 0.843 bits per heavy atom. The molecule has 0 aromatic heterocycles. The molecule has 0 fully saturated rings. The first-order valence-corrected chi connectivity index (χ1v) is 33.3. The number of carbonyl (C=O) groups excluding carboxylic acids is 3. The largest absolute Gasteiger partial charge is 0.462 e. The first-order chi connectivity index (χ1) is 41.0. The van der Waals surface area contributed by atoms with Gasteiger partial charge in [-0.3, -0.25) is 14.4 Å². The van der Waals surface area contributed by atoms with Crippen molar-refractivity contribution in [3.63, 3.8) is 0 Å². The van der Waals surface area contributed by atoms with E-state index in [9.17, 15) is 14.4 Å². The van der Waals surface area contributed by atoms with Crippen LogP contribution in [0.4, 0.5) is 0 Å². The zero-order valence-electron chi connectivity index (χ0n) is 53.1. The maximum absolute atomic E-state index is 12.9. The maximum Gasteiger partial charge on any atom is 0.309 e. The molecule has 0 N–H and O–H groups in total. The first kappa shape index (κ1) is 77.5. The summed E-state index contributed by atoms with van der Waals surface area (Å²) in [5, 5.41) is 0. The minimum atomic E-state index is -0.842. The lowest BCUT2D eigenvalue weighted by molar-refractivity contribution is -0.166. The van der Waals surface area contributed by atoms with Gasteiger partial charge in [0.2, 0.25) is 0 Å². The van der Waals surface area contributed by atoms with Gasteiger partial charge in [-0.15, -0.1) is 0 Å². The van der Waals surface area contributed by atoms with Crippen molar-refractivity contribution in [2.45, 2.75) is 271 Å². The molecule has 1 unspecified atom stereocenters. The minimum absolute atomic E-state index is 0.113. The number of hydrogen-bond acceptors (Lipinski definition) is 6. The lowest BCUT2D eigenvalue weighted by Gasteiger charge is -2.18. The van der Waals surface area contributed by atoms with Crippen molar-refractivity contribution >= 4 is 17.9 Å². The molecule has 6 heteroatoms. The van der Waals surface area contributed by atoms with Crippen molar-refractivity contribution in [1.82, 2.24) is 0 Å². The number of esters is 3. The molecule has 6 nitrogen and oxygen atoms in total. The molecule has 0 aliphatic carbocycles. The highest BCUT2D eigenvalue weighted by molar-refractivity contribution is 5.72. The Balaban J connectivity index is 4.49. The molecule has 0 saturated carbocycles. The van der Waals surface area contributed by atoms with Crippen molar-refractivity contribution in [2.75, 3.05) is 13.2 Å². The highest BCUT2D eigenvalue weighted by Gasteiger charge is 2.19. The standard InChI is InChI=1S/C77H120O6/c1-4-7-10-13-16-19-22-25-28-30-32-34-35-36-37-38-39-40-41-43-44-46-49-52-55-58-61-64-67-70-76(79)82-73-74(72-81-75(78)69-66-63-60-57-54-51-48-27-24-21-18-15-12-9-6-3)83-77(80)71-68-65-62-59-56-53-50-47-45-42-33-31-29-26-23-20-17-14-11-8-5-2/h7,9-10,12,16,18-19,21,23,25-28,31-34,36-37,39-40,43-45,47-48,54,57,63,66,74H,4-6,8,11,13-15,17,20,22,24,29-30,35,38,41-42,46,49-53,55-56,58-62,64-65,67-73H2,1-3H3/b10-7-,12-9-,19-16-,21-18-,26-23-,28-25-,33-31-,34-32-,37-36-,40-39-,44-43-,47-45-,48-27-,57-54-,66-63-.